The minimum atomic E-state index is -0.340. The summed E-state index contributed by atoms with van der Waals surface area (Å²) in [4.78, 5) is 0. The first kappa shape index (κ1) is 8.73. The number of benzene rings is 1. The third-order valence-electron chi connectivity index (χ3n) is 2.87. The molecular weight excluding hydrogens is 162 g/mol. The van der Waals surface area contributed by atoms with E-state index in [-0.39, 0.29) is 6.10 Å². The van der Waals surface area contributed by atoms with E-state index in [1.165, 1.54) is 11.1 Å². The summed E-state index contributed by atoms with van der Waals surface area (Å²) < 4.78 is 0. The summed E-state index contributed by atoms with van der Waals surface area (Å²) in [6, 6.07) is 8.38. The fraction of sp³-hybridized carbons (Fsp3) is 0.455. The Morgan fingerprint density at radius 1 is 1.31 bits per heavy atom. The number of nitrogens with two attached hydrogens (primary N) is 1. The fourth-order valence-corrected chi connectivity index (χ4v) is 2.06. The topological polar surface area (TPSA) is 46.2 Å². The molecule has 2 nitrogen and oxygen atoms in total. The normalized spacial score (nSPS) is 18.6. The summed E-state index contributed by atoms with van der Waals surface area (Å²) in [5.41, 5.74) is 8.19. The van der Waals surface area contributed by atoms with E-state index >= 15 is 0 Å². The second-order valence-electron chi connectivity index (χ2n) is 3.74. The quantitative estimate of drug-likeness (QED) is 0.699. The van der Waals surface area contributed by atoms with Gasteiger partial charge in [-0.1, -0.05) is 24.3 Å². The Hall–Kier alpha value is -0.860. The van der Waals surface area contributed by atoms with Crippen LogP contribution in [0, 0.1) is 5.92 Å². The van der Waals surface area contributed by atoms with Gasteiger partial charge < -0.3 is 10.8 Å². The molecule has 0 spiro atoms. The average molecular weight is 177 g/mol. The molecule has 0 saturated heterocycles. The van der Waals surface area contributed by atoms with Crippen LogP contribution in [0.5, 0.6) is 0 Å². The molecule has 2 heteroatoms. The van der Waals surface area contributed by atoms with Crippen LogP contribution in [-0.2, 0) is 12.8 Å². The van der Waals surface area contributed by atoms with Gasteiger partial charge in [-0.15, -0.1) is 0 Å². The van der Waals surface area contributed by atoms with E-state index in [9.17, 15) is 5.11 Å². The Morgan fingerprint density at radius 2 is 1.85 bits per heavy atom. The van der Waals surface area contributed by atoms with Crippen LogP contribution >= 0.6 is 0 Å². The molecule has 0 fully saturated rings. The van der Waals surface area contributed by atoms with E-state index in [4.69, 9.17) is 5.73 Å². The van der Waals surface area contributed by atoms with Crippen LogP contribution in [0.4, 0.5) is 0 Å². The molecule has 1 atom stereocenters. The molecule has 0 aromatic heterocycles. The van der Waals surface area contributed by atoms with Crippen LogP contribution in [0.2, 0.25) is 0 Å². The highest BCUT2D eigenvalue weighted by Gasteiger charge is 2.25. The Balaban J connectivity index is 2.14. The lowest BCUT2D eigenvalue weighted by molar-refractivity contribution is 0.120. The summed E-state index contributed by atoms with van der Waals surface area (Å²) in [5, 5.41) is 9.60. The zero-order valence-electron chi connectivity index (χ0n) is 7.61. The van der Waals surface area contributed by atoms with Crippen molar-refractivity contribution in [2.75, 3.05) is 6.54 Å². The monoisotopic (exact) mass is 177 g/mol. The highest BCUT2D eigenvalue weighted by Crippen LogP contribution is 2.28. The first-order valence-electron chi connectivity index (χ1n) is 4.76. The maximum absolute atomic E-state index is 9.60. The number of hydrogen-bond acceptors (Lipinski definition) is 2. The lowest BCUT2D eigenvalue weighted by Gasteiger charge is -2.14. The van der Waals surface area contributed by atoms with Gasteiger partial charge in [0.1, 0.15) is 0 Å². The zero-order valence-corrected chi connectivity index (χ0v) is 7.61. The third-order valence-corrected chi connectivity index (χ3v) is 2.87. The summed E-state index contributed by atoms with van der Waals surface area (Å²) in [5.74, 6) is 0.336. The van der Waals surface area contributed by atoms with Crippen LogP contribution in [-0.4, -0.2) is 17.8 Å². The highest BCUT2D eigenvalue weighted by molar-refractivity contribution is 5.32. The predicted octanol–water partition coefficient (Wildman–Crippen LogP) is 0.721. The molecule has 3 N–H and O–H groups in total. The van der Waals surface area contributed by atoms with Crippen molar-refractivity contribution in [2.45, 2.75) is 18.9 Å². The molecule has 0 heterocycles. The van der Waals surface area contributed by atoms with Crippen LogP contribution < -0.4 is 5.73 Å². The van der Waals surface area contributed by atoms with Crippen molar-refractivity contribution in [1.82, 2.24) is 0 Å². The summed E-state index contributed by atoms with van der Waals surface area (Å²) in [6.45, 7) is 0.374. The van der Waals surface area contributed by atoms with Gasteiger partial charge in [-0.05, 0) is 29.9 Å². The first-order valence-corrected chi connectivity index (χ1v) is 4.76. The number of rotatable bonds is 2. The molecule has 0 bridgehead atoms. The lowest BCUT2D eigenvalue weighted by Crippen LogP contribution is -2.29. The van der Waals surface area contributed by atoms with Crippen LogP contribution in [0.25, 0.3) is 0 Å². The Morgan fingerprint density at radius 3 is 2.31 bits per heavy atom. The number of aliphatic hydroxyl groups excluding tert-OH is 1. The van der Waals surface area contributed by atoms with Crippen molar-refractivity contribution < 1.29 is 5.11 Å². The number of hydrogen-bond donors (Lipinski definition) is 2. The largest absolute Gasteiger partial charge is 0.391 e. The molecule has 70 valence electrons. The first-order chi connectivity index (χ1) is 6.31. The minimum absolute atomic E-state index is 0.336. The smallest absolute Gasteiger partial charge is 0.0696 e. The maximum atomic E-state index is 9.60. The van der Waals surface area contributed by atoms with E-state index in [1.807, 2.05) is 0 Å². The van der Waals surface area contributed by atoms with E-state index in [0.717, 1.165) is 12.8 Å². The highest BCUT2D eigenvalue weighted by atomic mass is 16.3. The van der Waals surface area contributed by atoms with Crippen LogP contribution in [0.15, 0.2) is 24.3 Å². The van der Waals surface area contributed by atoms with Gasteiger partial charge in [-0.2, -0.15) is 0 Å². The predicted molar refractivity (Wildman–Crippen MR) is 52.4 cm³/mol. The SMILES string of the molecule is NC[C@H](O)C1Cc2ccccc2C1. The molecule has 0 aliphatic heterocycles. The molecule has 0 amide bonds. The molecule has 1 aliphatic carbocycles. The van der Waals surface area contributed by atoms with Crippen molar-refractivity contribution in [2.24, 2.45) is 11.7 Å². The van der Waals surface area contributed by atoms with Crippen molar-refractivity contribution in [3.63, 3.8) is 0 Å². The van der Waals surface area contributed by atoms with Crippen LogP contribution in [0.1, 0.15) is 11.1 Å². The summed E-state index contributed by atoms with van der Waals surface area (Å²) in [6.07, 6.45) is 1.62. The molecule has 0 radical (unpaired) electrons. The average Bonchev–Trinajstić information content (AvgIpc) is 2.59. The Kier molecular flexibility index (Phi) is 2.34. The molecule has 0 saturated carbocycles. The summed E-state index contributed by atoms with van der Waals surface area (Å²) in [7, 11) is 0. The molecular formula is C11H15NO. The summed E-state index contributed by atoms with van der Waals surface area (Å²) >= 11 is 0. The van der Waals surface area contributed by atoms with Gasteiger partial charge >= 0.3 is 0 Å². The molecule has 1 aromatic rings. The standard InChI is InChI=1S/C11H15NO/c12-7-11(13)10-5-8-3-1-2-4-9(8)6-10/h1-4,10-11,13H,5-7,12H2/t11-/m0/s1. The van der Waals surface area contributed by atoms with Gasteiger partial charge in [0.25, 0.3) is 0 Å². The van der Waals surface area contributed by atoms with Gasteiger partial charge in [-0.3, -0.25) is 0 Å². The van der Waals surface area contributed by atoms with E-state index < -0.39 is 0 Å². The Labute approximate surface area is 78.4 Å². The van der Waals surface area contributed by atoms with Crippen LogP contribution in [0.3, 0.4) is 0 Å². The molecule has 13 heavy (non-hydrogen) atoms. The number of fused-ring (bicyclic) bond motifs is 1. The number of aliphatic hydroxyl groups is 1. The van der Waals surface area contributed by atoms with Gasteiger partial charge in [-0.25, -0.2) is 0 Å². The van der Waals surface area contributed by atoms with Crippen molar-refractivity contribution >= 4 is 0 Å². The second-order valence-corrected chi connectivity index (χ2v) is 3.74. The van der Waals surface area contributed by atoms with Crippen molar-refractivity contribution in [3.05, 3.63) is 35.4 Å². The van der Waals surface area contributed by atoms with E-state index in [2.05, 4.69) is 24.3 Å². The molecule has 0 unspecified atom stereocenters. The van der Waals surface area contributed by atoms with Gasteiger partial charge in [0.15, 0.2) is 0 Å². The van der Waals surface area contributed by atoms with Gasteiger partial charge in [0.2, 0.25) is 0 Å². The molecule has 1 aliphatic rings. The minimum Gasteiger partial charge on any atom is -0.391 e. The van der Waals surface area contributed by atoms with Crippen molar-refractivity contribution in [3.8, 4) is 0 Å². The third kappa shape index (κ3) is 1.60. The zero-order chi connectivity index (χ0) is 9.26. The molecule has 2 rings (SSSR count). The second kappa shape index (κ2) is 3.48. The van der Waals surface area contributed by atoms with Crippen molar-refractivity contribution in [1.29, 1.82) is 0 Å². The van der Waals surface area contributed by atoms with E-state index in [0.29, 0.717) is 12.5 Å². The lowest BCUT2D eigenvalue weighted by atomic mass is 9.99. The van der Waals surface area contributed by atoms with E-state index in [1.54, 1.807) is 0 Å². The van der Waals surface area contributed by atoms with Gasteiger partial charge in [0, 0.05) is 6.54 Å². The molecule has 1 aromatic carbocycles. The Bertz CT molecular complexity index is 273. The van der Waals surface area contributed by atoms with Gasteiger partial charge in [0.05, 0.1) is 6.10 Å². The fourth-order valence-electron chi connectivity index (χ4n) is 2.06. The maximum Gasteiger partial charge on any atom is 0.0696 e.